The molecule has 3 heteroatoms. The topological polar surface area (TPSA) is 59.1 Å². The zero-order chi connectivity index (χ0) is 8.97. The molecule has 0 spiro atoms. The van der Waals surface area contributed by atoms with Crippen LogP contribution in [0.1, 0.15) is 25.0 Å². The van der Waals surface area contributed by atoms with Crippen molar-refractivity contribution in [1.82, 2.24) is 4.98 Å². The van der Waals surface area contributed by atoms with E-state index in [9.17, 15) is 5.11 Å². The Morgan fingerprint density at radius 2 is 2.42 bits per heavy atom. The Kier molecular flexibility index (Phi) is 3.19. The number of aliphatic hydroxyl groups is 1. The number of hydrogen-bond donors (Lipinski definition) is 2. The van der Waals surface area contributed by atoms with Gasteiger partial charge in [0.15, 0.2) is 0 Å². The summed E-state index contributed by atoms with van der Waals surface area (Å²) in [7, 11) is 0. The van der Waals surface area contributed by atoms with Gasteiger partial charge in [0.2, 0.25) is 0 Å². The Balaban J connectivity index is 2.71. The molecule has 0 aliphatic heterocycles. The van der Waals surface area contributed by atoms with E-state index in [2.05, 4.69) is 4.98 Å². The second kappa shape index (κ2) is 4.18. The highest BCUT2D eigenvalue weighted by molar-refractivity contribution is 5.13. The van der Waals surface area contributed by atoms with Crippen LogP contribution in [-0.4, -0.2) is 16.1 Å². The first kappa shape index (κ1) is 9.16. The lowest BCUT2D eigenvalue weighted by Gasteiger charge is -2.16. The molecule has 0 aromatic carbocycles. The van der Waals surface area contributed by atoms with E-state index in [1.165, 1.54) is 0 Å². The summed E-state index contributed by atoms with van der Waals surface area (Å²) in [6.07, 6.45) is 3.48. The van der Waals surface area contributed by atoms with E-state index in [1.807, 2.05) is 13.0 Å². The van der Waals surface area contributed by atoms with E-state index < -0.39 is 6.10 Å². The monoisotopic (exact) mass is 166 g/mol. The summed E-state index contributed by atoms with van der Waals surface area (Å²) in [6, 6.07) is 3.42. The summed E-state index contributed by atoms with van der Waals surface area (Å²) >= 11 is 0. The van der Waals surface area contributed by atoms with E-state index in [1.54, 1.807) is 18.5 Å². The minimum atomic E-state index is -0.594. The average molecular weight is 166 g/mol. The number of nitrogens with two attached hydrogens (primary N) is 1. The minimum absolute atomic E-state index is 0.200. The molecule has 3 N–H and O–H groups in total. The highest BCUT2D eigenvalue weighted by Gasteiger charge is 2.14. The van der Waals surface area contributed by atoms with Crippen molar-refractivity contribution in [2.45, 2.75) is 25.5 Å². The molecule has 1 heterocycles. The number of aliphatic hydroxyl groups excluding tert-OH is 1. The van der Waals surface area contributed by atoms with Gasteiger partial charge in [-0.1, -0.05) is 13.0 Å². The Hall–Kier alpha value is -0.930. The first-order valence-corrected chi connectivity index (χ1v) is 4.09. The van der Waals surface area contributed by atoms with Crippen molar-refractivity contribution in [1.29, 1.82) is 0 Å². The standard InChI is InChI=1S/C9H14N2O/c1-2-8(10)9(12)7-4-3-5-11-6-7/h3-6,8-9,12H,2,10H2,1H3/t8-,9-/m1/s1. The summed E-state index contributed by atoms with van der Waals surface area (Å²) in [5.41, 5.74) is 6.45. The Labute approximate surface area is 72.2 Å². The van der Waals surface area contributed by atoms with Gasteiger partial charge in [0.1, 0.15) is 0 Å². The van der Waals surface area contributed by atoms with Gasteiger partial charge in [0.05, 0.1) is 6.10 Å². The van der Waals surface area contributed by atoms with Crippen LogP contribution < -0.4 is 5.73 Å². The summed E-state index contributed by atoms with van der Waals surface area (Å²) in [5, 5.41) is 9.62. The summed E-state index contributed by atoms with van der Waals surface area (Å²) in [5.74, 6) is 0. The Morgan fingerprint density at radius 1 is 1.67 bits per heavy atom. The van der Waals surface area contributed by atoms with Crippen molar-refractivity contribution in [2.75, 3.05) is 0 Å². The second-order valence-corrected chi connectivity index (χ2v) is 2.80. The zero-order valence-corrected chi connectivity index (χ0v) is 7.14. The second-order valence-electron chi connectivity index (χ2n) is 2.80. The predicted molar refractivity (Wildman–Crippen MR) is 47.5 cm³/mol. The lowest BCUT2D eigenvalue weighted by Crippen LogP contribution is -2.27. The van der Waals surface area contributed by atoms with E-state index >= 15 is 0 Å². The lowest BCUT2D eigenvalue weighted by atomic mass is 10.0. The molecule has 12 heavy (non-hydrogen) atoms. The molecule has 1 aromatic heterocycles. The van der Waals surface area contributed by atoms with E-state index in [0.717, 1.165) is 12.0 Å². The van der Waals surface area contributed by atoms with Crippen LogP contribution in [0, 0.1) is 0 Å². The molecule has 66 valence electrons. The fourth-order valence-electron chi connectivity index (χ4n) is 1.02. The fourth-order valence-corrected chi connectivity index (χ4v) is 1.02. The van der Waals surface area contributed by atoms with Gasteiger partial charge in [-0.05, 0) is 12.5 Å². The summed E-state index contributed by atoms with van der Waals surface area (Å²) in [6.45, 7) is 1.95. The highest BCUT2D eigenvalue weighted by atomic mass is 16.3. The maximum absolute atomic E-state index is 9.62. The Bertz CT molecular complexity index is 225. The van der Waals surface area contributed by atoms with Crippen LogP contribution in [0.5, 0.6) is 0 Å². The molecule has 1 rings (SSSR count). The molecule has 0 saturated carbocycles. The molecule has 1 aromatic rings. The van der Waals surface area contributed by atoms with E-state index in [0.29, 0.717) is 0 Å². The molecule has 0 saturated heterocycles. The van der Waals surface area contributed by atoms with Gasteiger partial charge < -0.3 is 10.8 Å². The van der Waals surface area contributed by atoms with Crippen molar-refractivity contribution in [3.63, 3.8) is 0 Å². The van der Waals surface area contributed by atoms with Crippen LogP contribution in [0.25, 0.3) is 0 Å². The highest BCUT2D eigenvalue weighted by Crippen LogP contribution is 2.15. The third-order valence-electron chi connectivity index (χ3n) is 1.90. The molecule has 0 fully saturated rings. The van der Waals surface area contributed by atoms with Crippen molar-refractivity contribution in [3.8, 4) is 0 Å². The van der Waals surface area contributed by atoms with Crippen LogP contribution in [0.4, 0.5) is 0 Å². The summed E-state index contributed by atoms with van der Waals surface area (Å²) < 4.78 is 0. The van der Waals surface area contributed by atoms with Gasteiger partial charge in [-0.25, -0.2) is 0 Å². The molecule has 3 nitrogen and oxygen atoms in total. The molecule has 0 aliphatic carbocycles. The first-order chi connectivity index (χ1) is 5.75. The first-order valence-electron chi connectivity index (χ1n) is 4.09. The van der Waals surface area contributed by atoms with Crippen LogP contribution in [0.3, 0.4) is 0 Å². The van der Waals surface area contributed by atoms with E-state index in [-0.39, 0.29) is 6.04 Å². The Morgan fingerprint density at radius 3 is 2.92 bits per heavy atom. The maximum atomic E-state index is 9.62. The van der Waals surface area contributed by atoms with Gasteiger partial charge in [-0.15, -0.1) is 0 Å². The number of aromatic nitrogens is 1. The average Bonchev–Trinajstić information content (AvgIpc) is 2.17. The van der Waals surface area contributed by atoms with Crippen molar-refractivity contribution in [2.24, 2.45) is 5.73 Å². The smallest absolute Gasteiger partial charge is 0.0955 e. The molecule has 2 atom stereocenters. The normalized spacial score (nSPS) is 15.6. The van der Waals surface area contributed by atoms with Crippen molar-refractivity contribution < 1.29 is 5.11 Å². The largest absolute Gasteiger partial charge is 0.387 e. The molecule has 0 radical (unpaired) electrons. The van der Waals surface area contributed by atoms with Gasteiger partial charge in [-0.2, -0.15) is 0 Å². The fraction of sp³-hybridized carbons (Fsp3) is 0.444. The van der Waals surface area contributed by atoms with Gasteiger partial charge in [0.25, 0.3) is 0 Å². The summed E-state index contributed by atoms with van der Waals surface area (Å²) in [4.78, 5) is 3.91. The number of rotatable bonds is 3. The third-order valence-corrected chi connectivity index (χ3v) is 1.90. The molecule has 0 amide bonds. The third kappa shape index (κ3) is 2.03. The SMILES string of the molecule is CC[C@@H](N)[C@H](O)c1cccnc1. The molecule has 0 aliphatic rings. The van der Waals surface area contributed by atoms with Crippen molar-refractivity contribution >= 4 is 0 Å². The van der Waals surface area contributed by atoms with Crippen LogP contribution >= 0.6 is 0 Å². The minimum Gasteiger partial charge on any atom is -0.387 e. The van der Waals surface area contributed by atoms with Crippen molar-refractivity contribution in [3.05, 3.63) is 30.1 Å². The zero-order valence-electron chi connectivity index (χ0n) is 7.14. The van der Waals surface area contributed by atoms with Crippen LogP contribution in [-0.2, 0) is 0 Å². The lowest BCUT2D eigenvalue weighted by molar-refractivity contribution is 0.144. The molecule has 0 unspecified atom stereocenters. The van der Waals surface area contributed by atoms with Gasteiger partial charge in [-0.3, -0.25) is 4.98 Å². The quantitative estimate of drug-likeness (QED) is 0.700. The van der Waals surface area contributed by atoms with Gasteiger partial charge in [0, 0.05) is 24.0 Å². The predicted octanol–water partition coefficient (Wildman–Crippen LogP) is 0.852. The molecule has 0 bridgehead atoms. The maximum Gasteiger partial charge on any atom is 0.0955 e. The van der Waals surface area contributed by atoms with Crippen LogP contribution in [0.2, 0.25) is 0 Å². The molecular weight excluding hydrogens is 152 g/mol. The van der Waals surface area contributed by atoms with Gasteiger partial charge >= 0.3 is 0 Å². The number of nitrogens with zero attached hydrogens (tertiary/aromatic N) is 1. The van der Waals surface area contributed by atoms with E-state index in [4.69, 9.17) is 5.73 Å². The number of hydrogen-bond acceptors (Lipinski definition) is 3. The number of pyridine rings is 1. The van der Waals surface area contributed by atoms with Crippen LogP contribution in [0.15, 0.2) is 24.5 Å². The molecular formula is C9H14N2O.